The number of hydrogen-bond acceptors (Lipinski definition) is 4. The zero-order valence-corrected chi connectivity index (χ0v) is 12.7. The molecule has 3 N–H and O–H groups in total. The summed E-state index contributed by atoms with van der Waals surface area (Å²) in [7, 11) is 3.65. The highest BCUT2D eigenvalue weighted by Crippen LogP contribution is 2.22. The number of carbonyl (C=O) groups is 1. The van der Waals surface area contributed by atoms with E-state index in [1.54, 1.807) is 25.3 Å². The van der Waals surface area contributed by atoms with Gasteiger partial charge in [-0.1, -0.05) is 0 Å². The molecule has 0 bridgehead atoms. The zero-order chi connectivity index (χ0) is 13.8. The van der Waals surface area contributed by atoms with Crippen molar-refractivity contribution in [3.8, 4) is 5.75 Å². The average Bonchev–Trinajstić information content (AvgIpc) is 2.42. The molecule has 0 unspecified atom stereocenters. The van der Waals surface area contributed by atoms with Gasteiger partial charge < -0.3 is 20.7 Å². The summed E-state index contributed by atoms with van der Waals surface area (Å²) in [6, 6.07) is 5.36. The Labute approximate surface area is 125 Å². The Balaban J connectivity index is 0.00000200. The molecule has 1 saturated heterocycles. The first kappa shape index (κ1) is 16.6. The molecule has 5 nitrogen and oxygen atoms in total. The van der Waals surface area contributed by atoms with Gasteiger partial charge in [0.05, 0.1) is 12.8 Å². The van der Waals surface area contributed by atoms with Crippen LogP contribution in [0.15, 0.2) is 18.2 Å². The van der Waals surface area contributed by atoms with Crippen LogP contribution in [0.25, 0.3) is 0 Å². The zero-order valence-electron chi connectivity index (χ0n) is 11.9. The van der Waals surface area contributed by atoms with Gasteiger partial charge in [0.1, 0.15) is 5.75 Å². The van der Waals surface area contributed by atoms with Gasteiger partial charge in [-0.3, -0.25) is 4.79 Å². The monoisotopic (exact) mass is 299 g/mol. The number of nitrogens with one attached hydrogen (secondary N) is 1. The van der Waals surface area contributed by atoms with Crippen molar-refractivity contribution < 1.29 is 9.53 Å². The molecule has 6 heteroatoms. The van der Waals surface area contributed by atoms with Crippen LogP contribution in [-0.2, 0) is 0 Å². The van der Waals surface area contributed by atoms with Gasteiger partial charge in [0.2, 0.25) is 0 Å². The van der Waals surface area contributed by atoms with Gasteiger partial charge in [-0.25, -0.2) is 0 Å². The van der Waals surface area contributed by atoms with E-state index in [1.165, 1.54) is 0 Å². The largest absolute Gasteiger partial charge is 0.495 e. The number of nitrogens with two attached hydrogens (primary N) is 1. The van der Waals surface area contributed by atoms with Crippen LogP contribution >= 0.6 is 12.4 Å². The van der Waals surface area contributed by atoms with Gasteiger partial charge in [0.15, 0.2) is 0 Å². The lowest BCUT2D eigenvalue weighted by molar-refractivity contribution is 0.0916. The minimum absolute atomic E-state index is 0. The molecule has 1 fully saturated rings. The first-order valence-electron chi connectivity index (χ1n) is 6.53. The Morgan fingerprint density at radius 3 is 2.65 bits per heavy atom. The van der Waals surface area contributed by atoms with Crippen LogP contribution in [0.1, 0.15) is 23.2 Å². The second kappa shape index (κ2) is 7.36. The van der Waals surface area contributed by atoms with E-state index in [9.17, 15) is 4.79 Å². The minimum atomic E-state index is -0.0622. The lowest BCUT2D eigenvalue weighted by atomic mass is 10.0. The van der Waals surface area contributed by atoms with Crippen LogP contribution in [-0.4, -0.2) is 44.1 Å². The van der Waals surface area contributed by atoms with Crippen molar-refractivity contribution >= 4 is 24.0 Å². The molecule has 112 valence electrons. The fourth-order valence-electron chi connectivity index (χ4n) is 2.27. The summed E-state index contributed by atoms with van der Waals surface area (Å²) >= 11 is 0. The van der Waals surface area contributed by atoms with E-state index in [4.69, 9.17) is 10.5 Å². The van der Waals surface area contributed by atoms with E-state index >= 15 is 0 Å². The smallest absolute Gasteiger partial charge is 0.251 e. The molecule has 1 aromatic rings. The van der Waals surface area contributed by atoms with E-state index < -0.39 is 0 Å². The van der Waals surface area contributed by atoms with Gasteiger partial charge >= 0.3 is 0 Å². The molecule has 2 rings (SSSR count). The number of nitrogens with zero attached hydrogens (tertiary/aromatic N) is 1. The number of likely N-dealkylation sites (tertiary alicyclic amines) is 1. The highest BCUT2D eigenvalue weighted by Gasteiger charge is 2.19. The first-order chi connectivity index (χ1) is 9.10. The number of methoxy groups -OCH3 is 1. The van der Waals surface area contributed by atoms with E-state index in [0.717, 1.165) is 25.9 Å². The Kier molecular flexibility index (Phi) is 6.10. The third kappa shape index (κ3) is 4.02. The number of ether oxygens (including phenoxy) is 1. The standard InChI is InChI=1S/C14H21N3O2.ClH/c1-17-7-5-11(6-8-17)16-14(18)10-3-4-12(15)13(9-10)19-2;/h3-4,9,11H,5-8,15H2,1-2H3,(H,16,18);1H. The number of anilines is 1. The van der Waals surface area contributed by atoms with Crippen LogP contribution in [0.2, 0.25) is 0 Å². The van der Waals surface area contributed by atoms with E-state index in [-0.39, 0.29) is 24.4 Å². The highest BCUT2D eigenvalue weighted by molar-refractivity contribution is 5.95. The van der Waals surface area contributed by atoms with Gasteiger partial charge in [0.25, 0.3) is 5.91 Å². The number of piperidine rings is 1. The summed E-state index contributed by atoms with van der Waals surface area (Å²) in [6.45, 7) is 2.05. The molecule has 1 amide bonds. The topological polar surface area (TPSA) is 67.6 Å². The van der Waals surface area contributed by atoms with Crippen molar-refractivity contribution in [3.05, 3.63) is 23.8 Å². The number of hydrogen-bond donors (Lipinski definition) is 2. The molecule has 1 aromatic carbocycles. The summed E-state index contributed by atoms with van der Waals surface area (Å²) in [5.74, 6) is 0.476. The van der Waals surface area contributed by atoms with Gasteiger partial charge in [-0.05, 0) is 51.2 Å². The molecule has 0 aromatic heterocycles. The summed E-state index contributed by atoms with van der Waals surface area (Å²) < 4.78 is 5.13. The fraction of sp³-hybridized carbons (Fsp3) is 0.500. The summed E-state index contributed by atoms with van der Waals surface area (Å²) in [6.07, 6.45) is 1.99. The Morgan fingerprint density at radius 2 is 2.05 bits per heavy atom. The number of rotatable bonds is 3. The highest BCUT2D eigenvalue weighted by atomic mass is 35.5. The van der Waals surface area contributed by atoms with Crippen molar-refractivity contribution in [3.63, 3.8) is 0 Å². The minimum Gasteiger partial charge on any atom is -0.495 e. The third-order valence-electron chi connectivity index (χ3n) is 3.55. The van der Waals surface area contributed by atoms with Crippen molar-refractivity contribution in [2.75, 3.05) is 33.0 Å². The quantitative estimate of drug-likeness (QED) is 0.831. The Bertz CT molecular complexity index is 460. The second-order valence-electron chi connectivity index (χ2n) is 5.01. The Hall–Kier alpha value is -1.46. The molecule has 0 atom stereocenters. The van der Waals surface area contributed by atoms with Crippen LogP contribution in [0.4, 0.5) is 5.69 Å². The average molecular weight is 300 g/mol. The van der Waals surface area contributed by atoms with Crippen LogP contribution in [0.3, 0.4) is 0 Å². The molecule has 0 aliphatic carbocycles. The number of halogens is 1. The maximum atomic E-state index is 12.2. The predicted molar refractivity (Wildman–Crippen MR) is 82.6 cm³/mol. The maximum Gasteiger partial charge on any atom is 0.251 e. The number of carbonyl (C=O) groups excluding carboxylic acids is 1. The number of amides is 1. The predicted octanol–water partition coefficient (Wildman–Crippen LogP) is 1.52. The molecule has 1 aliphatic rings. The number of benzene rings is 1. The van der Waals surface area contributed by atoms with E-state index in [1.807, 2.05) is 0 Å². The summed E-state index contributed by atoms with van der Waals surface area (Å²) in [5.41, 5.74) is 6.87. The maximum absolute atomic E-state index is 12.2. The summed E-state index contributed by atoms with van der Waals surface area (Å²) in [5, 5.41) is 3.06. The van der Waals surface area contributed by atoms with Crippen LogP contribution in [0.5, 0.6) is 5.75 Å². The second-order valence-corrected chi connectivity index (χ2v) is 5.01. The molecule has 0 saturated carbocycles. The molecule has 20 heavy (non-hydrogen) atoms. The fourth-order valence-corrected chi connectivity index (χ4v) is 2.27. The van der Waals surface area contributed by atoms with Gasteiger partial charge in [-0.15, -0.1) is 12.4 Å². The summed E-state index contributed by atoms with van der Waals surface area (Å²) in [4.78, 5) is 14.4. The van der Waals surface area contributed by atoms with Gasteiger partial charge in [0, 0.05) is 11.6 Å². The van der Waals surface area contributed by atoms with Crippen molar-refractivity contribution in [2.24, 2.45) is 0 Å². The van der Waals surface area contributed by atoms with Gasteiger partial charge in [-0.2, -0.15) is 0 Å². The molecule has 0 radical (unpaired) electrons. The number of nitrogen functional groups attached to an aromatic ring is 1. The van der Waals surface area contributed by atoms with E-state index in [0.29, 0.717) is 17.0 Å². The van der Waals surface area contributed by atoms with Crippen molar-refractivity contribution in [1.29, 1.82) is 0 Å². The molecule has 0 spiro atoms. The van der Waals surface area contributed by atoms with Crippen molar-refractivity contribution in [1.82, 2.24) is 10.2 Å². The third-order valence-corrected chi connectivity index (χ3v) is 3.55. The SMILES string of the molecule is COc1cc(C(=O)NC2CCN(C)CC2)ccc1N.Cl. The lowest BCUT2D eigenvalue weighted by Crippen LogP contribution is -2.43. The molecule has 1 heterocycles. The normalized spacial score (nSPS) is 16.3. The Morgan fingerprint density at radius 1 is 1.40 bits per heavy atom. The first-order valence-corrected chi connectivity index (χ1v) is 6.53. The molecular weight excluding hydrogens is 278 g/mol. The molecular formula is C14H22ClN3O2. The molecule has 1 aliphatic heterocycles. The van der Waals surface area contributed by atoms with Crippen LogP contribution < -0.4 is 15.8 Å². The van der Waals surface area contributed by atoms with Crippen molar-refractivity contribution in [2.45, 2.75) is 18.9 Å². The van der Waals surface area contributed by atoms with E-state index in [2.05, 4.69) is 17.3 Å². The van der Waals surface area contributed by atoms with Crippen LogP contribution in [0, 0.1) is 0 Å². The lowest BCUT2D eigenvalue weighted by Gasteiger charge is -2.29.